The molecule has 0 unspecified atom stereocenters. The van der Waals surface area contributed by atoms with Crippen LogP contribution in [0, 0.1) is 10.8 Å². The van der Waals surface area contributed by atoms with Crippen molar-refractivity contribution < 1.29 is 22.3 Å². The van der Waals surface area contributed by atoms with Gasteiger partial charge in [-0.25, -0.2) is 17.6 Å². The smallest absolute Gasteiger partial charge is 0.254 e. The summed E-state index contributed by atoms with van der Waals surface area (Å²) in [6.45, 7) is 5.83. The van der Waals surface area contributed by atoms with E-state index in [1.807, 2.05) is 13.8 Å². The molecule has 3 fully saturated rings. The third kappa shape index (κ3) is 3.01. The predicted molar refractivity (Wildman–Crippen MR) is 75.4 cm³/mol. The van der Waals surface area contributed by atoms with Gasteiger partial charge >= 0.3 is 0 Å². The summed E-state index contributed by atoms with van der Waals surface area (Å²) in [5.41, 5.74) is -1.29. The maximum absolute atomic E-state index is 13.4. The second-order valence-corrected chi connectivity index (χ2v) is 8.01. The Labute approximate surface area is 129 Å². The van der Waals surface area contributed by atoms with Gasteiger partial charge in [-0.15, -0.1) is 0 Å². The highest BCUT2D eigenvalue weighted by atomic mass is 19.3. The molecule has 0 aromatic rings. The van der Waals surface area contributed by atoms with Crippen molar-refractivity contribution in [1.29, 1.82) is 0 Å². The summed E-state index contributed by atoms with van der Waals surface area (Å²) < 4.78 is 59.1. The summed E-state index contributed by atoms with van der Waals surface area (Å²) >= 11 is 0. The minimum atomic E-state index is -2.60. The SMILES string of the molecule is CC(C)OCC1(CN2CCC3(CC2)CC3(F)F)CC(F)(F)C1. The van der Waals surface area contributed by atoms with Gasteiger partial charge in [-0.1, -0.05) is 0 Å². The number of hydrogen-bond donors (Lipinski definition) is 0. The number of ether oxygens (including phenoxy) is 1. The van der Waals surface area contributed by atoms with Crippen molar-refractivity contribution in [3.05, 3.63) is 0 Å². The molecule has 0 amide bonds. The molecule has 22 heavy (non-hydrogen) atoms. The summed E-state index contributed by atoms with van der Waals surface area (Å²) in [5, 5.41) is 0. The fourth-order valence-corrected chi connectivity index (χ4v) is 4.19. The van der Waals surface area contributed by atoms with Crippen molar-refractivity contribution in [2.24, 2.45) is 10.8 Å². The molecule has 1 aliphatic heterocycles. The first kappa shape index (κ1) is 16.5. The summed E-state index contributed by atoms with van der Waals surface area (Å²) in [6, 6.07) is 0. The normalized spacial score (nSPS) is 31.2. The van der Waals surface area contributed by atoms with Crippen molar-refractivity contribution in [3.8, 4) is 0 Å². The Bertz CT molecular complexity index is 422. The molecule has 6 heteroatoms. The van der Waals surface area contributed by atoms with Gasteiger partial charge in [0.15, 0.2) is 0 Å². The van der Waals surface area contributed by atoms with E-state index in [-0.39, 0.29) is 25.4 Å². The first-order valence-electron chi connectivity index (χ1n) is 8.17. The highest BCUT2D eigenvalue weighted by molar-refractivity contribution is 5.12. The molecule has 0 atom stereocenters. The maximum Gasteiger partial charge on any atom is 0.254 e. The second kappa shape index (κ2) is 5.07. The molecule has 2 aliphatic carbocycles. The first-order chi connectivity index (χ1) is 10.1. The standard InChI is InChI=1S/C16H25F4NO/c1-12(2)22-11-13(7-15(17,18)8-13)10-21-5-3-14(4-6-21)9-16(14,19)20/h12H,3-11H2,1-2H3. The molecule has 2 saturated carbocycles. The van der Waals surface area contributed by atoms with Crippen LogP contribution in [0.25, 0.3) is 0 Å². The van der Waals surface area contributed by atoms with Crippen LogP contribution in [0.1, 0.15) is 46.0 Å². The van der Waals surface area contributed by atoms with Crippen LogP contribution in [0.4, 0.5) is 17.6 Å². The molecular weight excluding hydrogens is 298 g/mol. The van der Waals surface area contributed by atoms with Crippen molar-refractivity contribution >= 4 is 0 Å². The van der Waals surface area contributed by atoms with Crippen LogP contribution >= 0.6 is 0 Å². The molecule has 0 radical (unpaired) electrons. The Morgan fingerprint density at radius 2 is 1.55 bits per heavy atom. The van der Waals surface area contributed by atoms with Crippen LogP contribution in [0.2, 0.25) is 0 Å². The molecule has 3 rings (SSSR count). The lowest BCUT2D eigenvalue weighted by Gasteiger charge is -2.50. The fourth-order valence-electron chi connectivity index (χ4n) is 4.19. The van der Waals surface area contributed by atoms with Gasteiger partial charge in [0.25, 0.3) is 5.92 Å². The Morgan fingerprint density at radius 1 is 1.00 bits per heavy atom. The molecule has 0 aromatic carbocycles. The van der Waals surface area contributed by atoms with E-state index in [9.17, 15) is 17.6 Å². The van der Waals surface area contributed by atoms with Gasteiger partial charge in [-0.3, -0.25) is 0 Å². The lowest BCUT2D eigenvalue weighted by molar-refractivity contribution is -0.195. The Hall–Kier alpha value is -0.360. The van der Waals surface area contributed by atoms with Crippen LogP contribution in [0.15, 0.2) is 0 Å². The predicted octanol–water partition coefficient (Wildman–Crippen LogP) is 3.95. The van der Waals surface area contributed by atoms with Crippen LogP contribution in [-0.2, 0) is 4.74 Å². The van der Waals surface area contributed by atoms with E-state index in [1.165, 1.54) is 0 Å². The van der Waals surface area contributed by atoms with Crippen LogP contribution in [0.5, 0.6) is 0 Å². The Morgan fingerprint density at radius 3 is 1.95 bits per heavy atom. The Balaban J connectivity index is 1.54. The molecule has 0 aromatic heterocycles. The van der Waals surface area contributed by atoms with Gasteiger partial charge < -0.3 is 9.64 Å². The van der Waals surface area contributed by atoms with Gasteiger partial charge in [0.05, 0.1) is 12.7 Å². The lowest BCUT2D eigenvalue weighted by atomic mass is 9.66. The third-order valence-corrected chi connectivity index (χ3v) is 5.57. The number of alkyl halides is 4. The van der Waals surface area contributed by atoms with Gasteiger partial charge in [0.1, 0.15) is 0 Å². The number of piperidine rings is 1. The highest BCUT2D eigenvalue weighted by Crippen LogP contribution is 2.66. The van der Waals surface area contributed by atoms with Gasteiger partial charge in [0.2, 0.25) is 5.92 Å². The van der Waals surface area contributed by atoms with Crippen molar-refractivity contribution in [3.63, 3.8) is 0 Å². The topological polar surface area (TPSA) is 12.5 Å². The van der Waals surface area contributed by atoms with E-state index in [2.05, 4.69) is 4.90 Å². The number of hydrogen-bond acceptors (Lipinski definition) is 2. The van der Waals surface area contributed by atoms with Gasteiger partial charge in [0, 0.05) is 36.6 Å². The average molecular weight is 323 g/mol. The van der Waals surface area contributed by atoms with Crippen LogP contribution in [0.3, 0.4) is 0 Å². The van der Waals surface area contributed by atoms with E-state index >= 15 is 0 Å². The lowest BCUT2D eigenvalue weighted by Crippen LogP contribution is -2.56. The largest absolute Gasteiger partial charge is 0.378 e. The van der Waals surface area contributed by atoms with Crippen molar-refractivity contribution in [2.75, 3.05) is 26.2 Å². The summed E-state index contributed by atoms with van der Waals surface area (Å²) in [6.07, 6.45) is 0.693. The van der Waals surface area contributed by atoms with E-state index in [1.54, 1.807) is 0 Å². The molecule has 128 valence electrons. The highest BCUT2D eigenvalue weighted by Gasteiger charge is 2.70. The molecular formula is C16H25F4NO. The minimum absolute atomic E-state index is 0.00745. The van der Waals surface area contributed by atoms with Crippen molar-refractivity contribution in [1.82, 2.24) is 4.90 Å². The number of likely N-dealkylation sites (tertiary alicyclic amines) is 1. The van der Waals surface area contributed by atoms with E-state index in [0.717, 1.165) is 0 Å². The van der Waals surface area contributed by atoms with E-state index in [4.69, 9.17) is 4.74 Å². The van der Waals surface area contributed by atoms with E-state index in [0.29, 0.717) is 39.1 Å². The zero-order chi connectivity index (χ0) is 16.2. The zero-order valence-corrected chi connectivity index (χ0v) is 13.3. The van der Waals surface area contributed by atoms with Gasteiger partial charge in [-0.05, 0) is 39.8 Å². The van der Waals surface area contributed by atoms with E-state index < -0.39 is 22.7 Å². The zero-order valence-electron chi connectivity index (χ0n) is 13.3. The molecule has 0 N–H and O–H groups in total. The third-order valence-electron chi connectivity index (χ3n) is 5.57. The number of rotatable bonds is 5. The maximum atomic E-state index is 13.4. The molecule has 1 saturated heterocycles. The molecule has 2 nitrogen and oxygen atoms in total. The van der Waals surface area contributed by atoms with Crippen molar-refractivity contribution in [2.45, 2.75) is 63.9 Å². The number of nitrogens with zero attached hydrogens (tertiary/aromatic N) is 1. The molecule has 3 aliphatic rings. The Kier molecular flexibility index (Phi) is 3.80. The van der Waals surface area contributed by atoms with Crippen LogP contribution in [-0.4, -0.2) is 49.1 Å². The summed E-state index contributed by atoms with van der Waals surface area (Å²) in [7, 11) is 0. The summed E-state index contributed by atoms with van der Waals surface area (Å²) in [5.74, 6) is -5.10. The molecule has 0 bridgehead atoms. The second-order valence-electron chi connectivity index (χ2n) is 8.01. The van der Waals surface area contributed by atoms with Crippen LogP contribution < -0.4 is 0 Å². The fraction of sp³-hybridized carbons (Fsp3) is 1.00. The van der Waals surface area contributed by atoms with Gasteiger partial charge in [-0.2, -0.15) is 0 Å². The first-order valence-corrected chi connectivity index (χ1v) is 8.17. The summed E-state index contributed by atoms with van der Waals surface area (Å²) in [4.78, 5) is 2.08. The monoisotopic (exact) mass is 323 g/mol. The minimum Gasteiger partial charge on any atom is -0.378 e. The number of halogens is 4. The molecule has 1 heterocycles. The quantitative estimate of drug-likeness (QED) is 0.710. The average Bonchev–Trinajstić information content (AvgIpc) is 2.89. The molecule has 1 spiro atoms.